The van der Waals surface area contributed by atoms with Gasteiger partial charge in [0.25, 0.3) is 0 Å². The number of fused-ring (bicyclic) bond motifs is 1. The van der Waals surface area contributed by atoms with Crippen LogP contribution in [0.2, 0.25) is 0 Å². The number of imidazole rings is 1. The third kappa shape index (κ3) is 3.76. The molecule has 1 aliphatic heterocycles. The topological polar surface area (TPSA) is 85.5 Å². The first-order chi connectivity index (χ1) is 12.1. The Balaban J connectivity index is 1.79. The second-order valence-corrected chi connectivity index (χ2v) is 5.98. The highest BCUT2D eigenvalue weighted by atomic mass is 16.7. The lowest BCUT2D eigenvalue weighted by atomic mass is 10.1. The van der Waals surface area contributed by atoms with Crippen LogP contribution in [0.4, 0.5) is 0 Å². The van der Waals surface area contributed by atoms with Gasteiger partial charge in [0.2, 0.25) is 12.7 Å². The predicted octanol–water partition coefficient (Wildman–Crippen LogP) is 2.80. The van der Waals surface area contributed by atoms with Crippen LogP contribution in [0, 0.1) is 0 Å². The van der Waals surface area contributed by atoms with Crippen molar-refractivity contribution in [1.82, 2.24) is 15.3 Å². The zero-order chi connectivity index (χ0) is 17.8. The molecule has 1 aromatic heterocycles. The number of nitrogens with one attached hydrogen (secondary N) is 2. The number of benzene rings is 1. The van der Waals surface area contributed by atoms with Gasteiger partial charge in [-0.1, -0.05) is 13.3 Å². The molecule has 7 heteroatoms. The summed E-state index contributed by atoms with van der Waals surface area (Å²) in [7, 11) is 1.52. The molecule has 2 atom stereocenters. The summed E-state index contributed by atoms with van der Waals surface area (Å²) in [5.74, 6) is 2.04. The normalized spacial score (nSPS) is 15.0. The van der Waals surface area contributed by atoms with Gasteiger partial charge in [-0.3, -0.25) is 4.79 Å². The number of ether oxygens (including phenoxy) is 3. The average molecular weight is 345 g/mol. The lowest BCUT2D eigenvalue weighted by Gasteiger charge is -2.18. The molecule has 1 amide bonds. The highest BCUT2D eigenvalue weighted by molar-refractivity contribution is 5.80. The molecule has 0 bridgehead atoms. The van der Waals surface area contributed by atoms with Gasteiger partial charge >= 0.3 is 0 Å². The van der Waals surface area contributed by atoms with Crippen LogP contribution in [-0.4, -0.2) is 35.9 Å². The minimum Gasteiger partial charge on any atom is -0.454 e. The summed E-state index contributed by atoms with van der Waals surface area (Å²) < 4.78 is 15.8. The molecule has 0 aliphatic carbocycles. The third-order valence-corrected chi connectivity index (χ3v) is 4.23. The summed E-state index contributed by atoms with van der Waals surface area (Å²) in [6.45, 7) is 4.04. The second-order valence-electron chi connectivity index (χ2n) is 5.98. The van der Waals surface area contributed by atoms with Gasteiger partial charge < -0.3 is 24.5 Å². The Morgan fingerprint density at radius 1 is 1.40 bits per heavy atom. The number of nitrogens with zero attached hydrogens (tertiary/aromatic N) is 1. The van der Waals surface area contributed by atoms with Crippen molar-refractivity contribution < 1.29 is 19.0 Å². The van der Waals surface area contributed by atoms with Crippen LogP contribution in [0.1, 0.15) is 38.6 Å². The van der Waals surface area contributed by atoms with E-state index in [1.165, 1.54) is 7.11 Å². The van der Waals surface area contributed by atoms with Crippen molar-refractivity contribution in [3.05, 3.63) is 30.2 Å². The number of rotatable bonds is 7. The zero-order valence-electron chi connectivity index (χ0n) is 14.7. The molecule has 2 aromatic rings. The van der Waals surface area contributed by atoms with E-state index in [0.29, 0.717) is 0 Å². The van der Waals surface area contributed by atoms with Crippen molar-refractivity contribution in [2.75, 3.05) is 13.9 Å². The standard InChI is InChI=1S/C18H23N3O4/c1-4-5-13(21-18(22)11(2)23-3)17-19-9-14(20-17)12-6-7-15-16(8-12)25-10-24-15/h6-9,11,13H,4-5,10H2,1-3H3,(H,19,20)(H,21,22)/t11-,13+/m0/s1. The van der Waals surface area contributed by atoms with E-state index in [2.05, 4.69) is 22.2 Å². The molecule has 25 heavy (non-hydrogen) atoms. The minimum atomic E-state index is -0.498. The van der Waals surface area contributed by atoms with E-state index in [9.17, 15) is 4.79 Å². The number of methoxy groups -OCH3 is 1. The highest BCUT2D eigenvalue weighted by Gasteiger charge is 2.21. The van der Waals surface area contributed by atoms with Crippen molar-refractivity contribution >= 4 is 5.91 Å². The van der Waals surface area contributed by atoms with Crippen LogP contribution in [0.5, 0.6) is 11.5 Å². The first kappa shape index (κ1) is 17.3. The summed E-state index contributed by atoms with van der Waals surface area (Å²) in [6, 6.07) is 5.56. The van der Waals surface area contributed by atoms with Crippen molar-refractivity contribution in [2.45, 2.75) is 38.8 Å². The number of aromatic nitrogens is 2. The molecule has 0 spiro atoms. The van der Waals surface area contributed by atoms with E-state index in [1.54, 1.807) is 13.1 Å². The summed E-state index contributed by atoms with van der Waals surface area (Å²) in [5.41, 5.74) is 1.82. The van der Waals surface area contributed by atoms with Crippen LogP contribution < -0.4 is 14.8 Å². The predicted molar refractivity (Wildman–Crippen MR) is 92.4 cm³/mol. The summed E-state index contributed by atoms with van der Waals surface area (Å²) in [6.07, 6.45) is 2.98. The lowest BCUT2D eigenvalue weighted by Crippen LogP contribution is -2.37. The molecule has 0 saturated heterocycles. The van der Waals surface area contributed by atoms with Crippen molar-refractivity contribution in [3.8, 4) is 22.8 Å². The molecular formula is C18H23N3O4. The van der Waals surface area contributed by atoms with Gasteiger partial charge in [-0.05, 0) is 31.5 Å². The van der Waals surface area contributed by atoms with Crippen LogP contribution >= 0.6 is 0 Å². The van der Waals surface area contributed by atoms with E-state index in [-0.39, 0.29) is 18.7 Å². The Hall–Kier alpha value is -2.54. The monoisotopic (exact) mass is 345 g/mol. The van der Waals surface area contributed by atoms with Crippen molar-refractivity contribution in [2.24, 2.45) is 0 Å². The molecule has 0 radical (unpaired) electrons. The van der Waals surface area contributed by atoms with Gasteiger partial charge in [0.05, 0.1) is 17.9 Å². The fourth-order valence-electron chi connectivity index (χ4n) is 2.69. The maximum Gasteiger partial charge on any atom is 0.249 e. The summed E-state index contributed by atoms with van der Waals surface area (Å²) in [4.78, 5) is 19.9. The number of hydrogen-bond acceptors (Lipinski definition) is 5. The Bertz CT molecular complexity index is 744. The molecular weight excluding hydrogens is 322 g/mol. The van der Waals surface area contributed by atoms with Crippen LogP contribution in [0.25, 0.3) is 11.3 Å². The van der Waals surface area contributed by atoms with E-state index < -0.39 is 6.10 Å². The van der Waals surface area contributed by atoms with Gasteiger partial charge in [0, 0.05) is 12.7 Å². The molecule has 2 N–H and O–H groups in total. The molecule has 7 nitrogen and oxygen atoms in total. The van der Waals surface area contributed by atoms with E-state index in [0.717, 1.165) is 41.4 Å². The lowest BCUT2D eigenvalue weighted by molar-refractivity contribution is -0.130. The van der Waals surface area contributed by atoms with Gasteiger partial charge in [-0.25, -0.2) is 4.98 Å². The maximum absolute atomic E-state index is 12.1. The van der Waals surface area contributed by atoms with Gasteiger partial charge in [0.1, 0.15) is 11.9 Å². The van der Waals surface area contributed by atoms with E-state index in [4.69, 9.17) is 14.2 Å². The summed E-state index contributed by atoms with van der Waals surface area (Å²) >= 11 is 0. The maximum atomic E-state index is 12.1. The second kappa shape index (κ2) is 7.57. The van der Waals surface area contributed by atoms with Crippen LogP contribution in [0.15, 0.2) is 24.4 Å². The molecule has 0 unspecified atom stereocenters. The number of aromatic amines is 1. The Labute approximate surface area is 146 Å². The quantitative estimate of drug-likeness (QED) is 0.806. The molecule has 2 heterocycles. The first-order valence-corrected chi connectivity index (χ1v) is 8.40. The van der Waals surface area contributed by atoms with Gasteiger partial charge in [0.15, 0.2) is 11.5 Å². The van der Waals surface area contributed by atoms with Crippen molar-refractivity contribution in [3.63, 3.8) is 0 Å². The number of hydrogen-bond donors (Lipinski definition) is 2. The fourth-order valence-corrected chi connectivity index (χ4v) is 2.69. The highest BCUT2D eigenvalue weighted by Crippen LogP contribution is 2.35. The molecule has 3 rings (SSSR count). The minimum absolute atomic E-state index is 0.151. The molecule has 134 valence electrons. The van der Waals surface area contributed by atoms with Gasteiger partial charge in [-0.2, -0.15) is 0 Å². The molecule has 0 fully saturated rings. The molecule has 1 aromatic carbocycles. The van der Waals surface area contributed by atoms with E-state index in [1.807, 2.05) is 18.2 Å². The Kier molecular flexibility index (Phi) is 5.23. The van der Waals surface area contributed by atoms with Gasteiger partial charge in [-0.15, -0.1) is 0 Å². The molecule has 1 aliphatic rings. The van der Waals surface area contributed by atoms with Crippen molar-refractivity contribution in [1.29, 1.82) is 0 Å². The Morgan fingerprint density at radius 3 is 2.96 bits per heavy atom. The largest absolute Gasteiger partial charge is 0.454 e. The Morgan fingerprint density at radius 2 is 2.20 bits per heavy atom. The zero-order valence-corrected chi connectivity index (χ0v) is 14.7. The number of carbonyl (C=O) groups excluding carboxylic acids is 1. The van der Waals surface area contributed by atoms with Crippen LogP contribution in [-0.2, 0) is 9.53 Å². The number of carbonyl (C=O) groups is 1. The van der Waals surface area contributed by atoms with E-state index >= 15 is 0 Å². The SMILES string of the molecule is CCC[C@@H](NC(=O)[C@H](C)OC)c1ncc(-c2ccc3c(c2)OCO3)[nH]1. The number of amides is 1. The fraction of sp³-hybridized carbons (Fsp3) is 0.444. The first-order valence-electron chi connectivity index (χ1n) is 8.40. The third-order valence-electron chi connectivity index (χ3n) is 4.23. The smallest absolute Gasteiger partial charge is 0.249 e. The summed E-state index contributed by atoms with van der Waals surface area (Å²) in [5, 5.41) is 2.99. The molecule has 0 saturated carbocycles. The van der Waals surface area contributed by atoms with Crippen LogP contribution in [0.3, 0.4) is 0 Å². The average Bonchev–Trinajstić information content (AvgIpc) is 3.28. The number of H-pyrrole nitrogens is 1.